The summed E-state index contributed by atoms with van der Waals surface area (Å²) in [5.41, 5.74) is 3.39. The average Bonchev–Trinajstić information content (AvgIpc) is 2.67. The minimum absolute atomic E-state index is 0.230. The number of aryl methyl sites for hydroxylation is 1. The van der Waals surface area contributed by atoms with Crippen molar-refractivity contribution >= 4 is 11.7 Å². The number of anilines is 1. The van der Waals surface area contributed by atoms with E-state index in [9.17, 15) is 9.18 Å². The lowest BCUT2D eigenvalue weighted by Crippen LogP contribution is -2.24. The van der Waals surface area contributed by atoms with Crippen molar-refractivity contribution in [2.24, 2.45) is 0 Å². The third kappa shape index (κ3) is 4.86. The number of benzene rings is 2. The van der Waals surface area contributed by atoms with Crippen LogP contribution in [0, 0.1) is 12.7 Å². The Labute approximate surface area is 151 Å². The molecule has 0 fully saturated rings. The highest BCUT2D eigenvalue weighted by atomic mass is 19.1. The van der Waals surface area contributed by atoms with Gasteiger partial charge in [0.15, 0.2) is 0 Å². The van der Waals surface area contributed by atoms with Gasteiger partial charge >= 0.3 is 0 Å². The molecule has 0 spiro atoms. The second kappa shape index (κ2) is 8.20. The maximum absolute atomic E-state index is 12.9. The molecule has 3 aromatic rings. The van der Waals surface area contributed by atoms with E-state index in [1.807, 2.05) is 19.1 Å². The van der Waals surface area contributed by atoms with Gasteiger partial charge in [-0.1, -0.05) is 42.0 Å². The maximum Gasteiger partial charge on any atom is 0.271 e. The van der Waals surface area contributed by atoms with E-state index in [1.54, 1.807) is 12.1 Å². The SMILES string of the molecule is Cc1ccc(CNc2cnc(C(=O)NCc3ccc(F)cc3)cn2)cc1. The maximum atomic E-state index is 12.9. The number of rotatable bonds is 6. The van der Waals surface area contributed by atoms with E-state index >= 15 is 0 Å². The Morgan fingerprint density at radius 2 is 1.58 bits per heavy atom. The highest BCUT2D eigenvalue weighted by Crippen LogP contribution is 2.08. The summed E-state index contributed by atoms with van der Waals surface area (Å²) in [6.45, 7) is 2.97. The van der Waals surface area contributed by atoms with E-state index in [0.29, 0.717) is 18.9 Å². The van der Waals surface area contributed by atoms with Gasteiger partial charge in [0.2, 0.25) is 0 Å². The molecule has 5 nitrogen and oxygen atoms in total. The van der Waals surface area contributed by atoms with Crippen LogP contribution in [0.4, 0.5) is 10.2 Å². The van der Waals surface area contributed by atoms with Gasteiger partial charge in [-0.15, -0.1) is 0 Å². The Balaban J connectivity index is 1.52. The lowest BCUT2D eigenvalue weighted by Gasteiger charge is -2.07. The first-order valence-electron chi connectivity index (χ1n) is 8.24. The summed E-state index contributed by atoms with van der Waals surface area (Å²) in [6, 6.07) is 14.2. The van der Waals surface area contributed by atoms with Gasteiger partial charge < -0.3 is 10.6 Å². The van der Waals surface area contributed by atoms with Gasteiger partial charge in [-0.3, -0.25) is 4.79 Å². The lowest BCUT2D eigenvalue weighted by molar-refractivity contribution is 0.0945. The molecule has 1 amide bonds. The number of amides is 1. The van der Waals surface area contributed by atoms with Crippen LogP contribution in [0.25, 0.3) is 0 Å². The Morgan fingerprint density at radius 1 is 0.923 bits per heavy atom. The molecule has 0 bridgehead atoms. The highest BCUT2D eigenvalue weighted by molar-refractivity contribution is 5.91. The zero-order valence-electron chi connectivity index (χ0n) is 14.4. The molecule has 2 aromatic carbocycles. The molecule has 0 atom stereocenters. The van der Waals surface area contributed by atoms with Gasteiger partial charge in [-0.2, -0.15) is 0 Å². The van der Waals surface area contributed by atoms with Crippen molar-refractivity contribution in [2.75, 3.05) is 5.32 Å². The summed E-state index contributed by atoms with van der Waals surface area (Å²) in [7, 11) is 0. The molecule has 0 saturated carbocycles. The smallest absolute Gasteiger partial charge is 0.271 e. The first-order chi connectivity index (χ1) is 12.6. The van der Waals surface area contributed by atoms with Crippen molar-refractivity contribution in [2.45, 2.75) is 20.0 Å². The van der Waals surface area contributed by atoms with Crippen LogP contribution < -0.4 is 10.6 Å². The van der Waals surface area contributed by atoms with Crippen LogP contribution in [0.3, 0.4) is 0 Å². The molecule has 2 N–H and O–H groups in total. The molecule has 3 rings (SSSR count). The van der Waals surface area contributed by atoms with E-state index in [2.05, 4.69) is 32.7 Å². The normalized spacial score (nSPS) is 10.4. The Morgan fingerprint density at radius 3 is 2.23 bits per heavy atom. The van der Waals surface area contributed by atoms with Crippen LogP contribution in [-0.2, 0) is 13.1 Å². The molecule has 0 saturated heterocycles. The first kappa shape index (κ1) is 17.5. The number of hydrogen-bond donors (Lipinski definition) is 2. The minimum atomic E-state index is -0.327. The van der Waals surface area contributed by atoms with E-state index in [-0.39, 0.29) is 17.4 Å². The van der Waals surface area contributed by atoms with Crippen LogP contribution in [0.2, 0.25) is 0 Å². The van der Waals surface area contributed by atoms with Crippen LogP contribution >= 0.6 is 0 Å². The third-order valence-corrected chi connectivity index (χ3v) is 3.85. The Bertz CT molecular complexity index is 862. The topological polar surface area (TPSA) is 66.9 Å². The number of nitrogens with one attached hydrogen (secondary N) is 2. The van der Waals surface area contributed by atoms with E-state index in [4.69, 9.17) is 0 Å². The molecular weight excluding hydrogens is 331 g/mol. The van der Waals surface area contributed by atoms with Crippen molar-refractivity contribution in [3.63, 3.8) is 0 Å². The van der Waals surface area contributed by atoms with Gasteiger partial charge in [0.25, 0.3) is 5.91 Å². The predicted molar refractivity (Wildman–Crippen MR) is 98.1 cm³/mol. The van der Waals surface area contributed by atoms with Crippen LogP contribution in [0.1, 0.15) is 27.2 Å². The molecule has 0 aliphatic rings. The van der Waals surface area contributed by atoms with Crippen LogP contribution in [0.5, 0.6) is 0 Å². The summed E-state index contributed by atoms with van der Waals surface area (Å²) in [4.78, 5) is 20.4. The molecule has 0 aliphatic carbocycles. The standard InChI is InChI=1S/C20H19FN4O/c1-14-2-4-15(5-3-14)10-23-19-13-22-18(12-24-19)20(26)25-11-16-6-8-17(21)9-7-16/h2-9,12-13H,10-11H2,1H3,(H,23,24)(H,25,26). The fourth-order valence-electron chi connectivity index (χ4n) is 2.31. The fourth-order valence-corrected chi connectivity index (χ4v) is 2.31. The van der Waals surface area contributed by atoms with E-state index in [0.717, 1.165) is 11.1 Å². The Hall–Kier alpha value is -3.28. The zero-order valence-corrected chi connectivity index (χ0v) is 14.4. The minimum Gasteiger partial charge on any atom is -0.365 e. The summed E-state index contributed by atoms with van der Waals surface area (Å²) in [6.07, 6.45) is 2.96. The van der Waals surface area contributed by atoms with Crippen LogP contribution in [-0.4, -0.2) is 15.9 Å². The highest BCUT2D eigenvalue weighted by Gasteiger charge is 2.08. The molecule has 1 heterocycles. The summed E-state index contributed by atoms with van der Waals surface area (Å²) >= 11 is 0. The van der Waals surface area contributed by atoms with Crippen molar-refractivity contribution in [3.05, 3.63) is 89.1 Å². The quantitative estimate of drug-likeness (QED) is 0.714. The van der Waals surface area contributed by atoms with Gasteiger partial charge in [-0.05, 0) is 30.2 Å². The molecular formula is C20H19FN4O. The monoisotopic (exact) mass is 350 g/mol. The molecule has 132 valence electrons. The van der Waals surface area contributed by atoms with Gasteiger partial charge in [0, 0.05) is 13.1 Å². The van der Waals surface area contributed by atoms with Crippen molar-refractivity contribution in [3.8, 4) is 0 Å². The second-order valence-corrected chi connectivity index (χ2v) is 5.94. The second-order valence-electron chi connectivity index (χ2n) is 5.94. The lowest BCUT2D eigenvalue weighted by atomic mass is 10.1. The number of carbonyl (C=O) groups excluding carboxylic acids is 1. The Kier molecular flexibility index (Phi) is 5.53. The van der Waals surface area contributed by atoms with E-state index < -0.39 is 0 Å². The van der Waals surface area contributed by atoms with Crippen molar-refractivity contribution in [1.82, 2.24) is 15.3 Å². The molecule has 0 unspecified atom stereocenters. The molecule has 6 heteroatoms. The van der Waals surface area contributed by atoms with Crippen LogP contribution in [0.15, 0.2) is 60.9 Å². The predicted octanol–water partition coefficient (Wildman–Crippen LogP) is 3.47. The first-order valence-corrected chi connectivity index (χ1v) is 8.24. The number of halogens is 1. The molecule has 0 radical (unpaired) electrons. The number of nitrogens with zero attached hydrogens (tertiary/aromatic N) is 2. The number of carbonyl (C=O) groups is 1. The molecule has 1 aromatic heterocycles. The van der Waals surface area contributed by atoms with Crippen molar-refractivity contribution in [1.29, 1.82) is 0 Å². The van der Waals surface area contributed by atoms with E-state index in [1.165, 1.54) is 30.1 Å². The third-order valence-electron chi connectivity index (χ3n) is 3.85. The number of aromatic nitrogens is 2. The molecule has 26 heavy (non-hydrogen) atoms. The van der Waals surface area contributed by atoms with Gasteiger partial charge in [0.1, 0.15) is 17.3 Å². The summed E-state index contributed by atoms with van der Waals surface area (Å²) < 4.78 is 12.9. The zero-order chi connectivity index (χ0) is 18.4. The largest absolute Gasteiger partial charge is 0.365 e. The van der Waals surface area contributed by atoms with Gasteiger partial charge in [0.05, 0.1) is 12.4 Å². The average molecular weight is 350 g/mol. The summed E-state index contributed by atoms with van der Waals surface area (Å²) in [5.74, 6) is -0.0350. The molecule has 0 aliphatic heterocycles. The van der Waals surface area contributed by atoms with Crippen molar-refractivity contribution < 1.29 is 9.18 Å². The number of hydrogen-bond acceptors (Lipinski definition) is 4. The van der Waals surface area contributed by atoms with Gasteiger partial charge in [-0.25, -0.2) is 14.4 Å². The fraction of sp³-hybridized carbons (Fsp3) is 0.150. The summed E-state index contributed by atoms with van der Waals surface area (Å²) in [5, 5.41) is 5.90.